The monoisotopic (exact) mass is 205 g/mol. The molecule has 2 unspecified atom stereocenters. The summed E-state index contributed by atoms with van der Waals surface area (Å²) in [6, 6.07) is 0.270. The number of alkyl halides is 1. The van der Waals surface area contributed by atoms with E-state index in [1.54, 1.807) is 6.92 Å². The molecule has 4 heteroatoms. The van der Waals surface area contributed by atoms with Crippen LogP contribution in [0.1, 0.15) is 33.1 Å². The minimum atomic E-state index is -0.741. The molecule has 0 aromatic rings. The Hall–Kier alpha value is -0.640. The van der Waals surface area contributed by atoms with E-state index < -0.39 is 5.97 Å². The van der Waals surface area contributed by atoms with Crippen LogP contribution in [0.3, 0.4) is 0 Å². The molecule has 0 aliphatic carbocycles. The van der Waals surface area contributed by atoms with Gasteiger partial charge in [0.25, 0.3) is 0 Å². The number of rotatable bonds is 8. The van der Waals surface area contributed by atoms with Crippen LogP contribution >= 0.6 is 0 Å². The molecule has 0 fully saturated rings. The van der Waals surface area contributed by atoms with E-state index in [-0.39, 0.29) is 18.6 Å². The quantitative estimate of drug-likeness (QED) is 0.635. The lowest BCUT2D eigenvalue weighted by atomic mass is 10.0. The number of carbonyl (C=O) groups is 1. The molecule has 2 N–H and O–H groups in total. The number of carboxylic acid groups (broad SMARTS) is 1. The number of halogens is 1. The summed E-state index contributed by atoms with van der Waals surface area (Å²) in [5.74, 6) is -1.02. The third-order valence-corrected chi connectivity index (χ3v) is 2.28. The van der Waals surface area contributed by atoms with E-state index in [9.17, 15) is 9.18 Å². The van der Waals surface area contributed by atoms with Crippen LogP contribution in [-0.4, -0.2) is 30.3 Å². The van der Waals surface area contributed by atoms with Crippen LogP contribution in [0.2, 0.25) is 0 Å². The Morgan fingerprint density at radius 1 is 1.43 bits per heavy atom. The highest BCUT2D eigenvalue weighted by Gasteiger charge is 2.10. The van der Waals surface area contributed by atoms with E-state index in [0.717, 1.165) is 12.8 Å². The molecule has 0 radical (unpaired) electrons. The topological polar surface area (TPSA) is 49.3 Å². The van der Waals surface area contributed by atoms with Gasteiger partial charge in [-0.2, -0.15) is 0 Å². The molecule has 0 aliphatic heterocycles. The fourth-order valence-corrected chi connectivity index (χ4v) is 1.26. The van der Waals surface area contributed by atoms with Crippen molar-refractivity contribution in [2.75, 3.05) is 13.2 Å². The first-order chi connectivity index (χ1) is 6.57. The molecule has 84 valence electrons. The standard InChI is InChI=1S/C10H20FNO2/c1-8(10(13)14)4-3-5-9(2)12-7-6-11/h8-9,12H,3-7H2,1-2H3,(H,13,14). The van der Waals surface area contributed by atoms with Gasteiger partial charge in [-0.25, -0.2) is 4.39 Å². The third-order valence-electron chi connectivity index (χ3n) is 2.28. The van der Waals surface area contributed by atoms with Gasteiger partial charge in [0.1, 0.15) is 6.67 Å². The summed E-state index contributed by atoms with van der Waals surface area (Å²) in [7, 11) is 0. The molecule has 0 amide bonds. The molecule has 3 nitrogen and oxygen atoms in total. The van der Waals surface area contributed by atoms with Crippen molar-refractivity contribution in [1.82, 2.24) is 5.32 Å². The lowest BCUT2D eigenvalue weighted by Gasteiger charge is -2.13. The normalized spacial score (nSPS) is 15.1. The molecule has 0 rings (SSSR count). The smallest absolute Gasteiger partial charge is 0.306 e. The number of aliphatic carboxylic acids is 1. The molecule has 0 bridgehead atoms. The summed E-state index contributed by atoms with van der Waals surface area (Å²) in [4.78, 5) is 10.5. The van der Waals surface area contributed by atoms with Crippen LogP contribution in [0, 0.1) is 5.92 Å². The molecule has 0 aromatic heterocycles. The maximum absolute atomic E-state index is 11.8. The van der Waals surface area contributed by atoms with Crippen molar-refractivity contribution in [1.29, 1.82) is 0 Å². The Balaban J connectivity index is 3.39. The average Bonchev–Trinajstić information content (AvgIpc) is 2.14. The van der Waals surface area contributed by atoms with Gasteiger partial charge in [-0.05, 0) is 19.8 Å². The SMILES string of the molecule is CC(CCCC(C)C(=O)O)NCCF. The largest absolute Gasteiger partial charge is 0.481 e. The van der Waals surface area contributed by atoms with E-state index in [0.29, 0.717) is 13.0 Å². The maximum atomic E-state index is 11.8. The predicted octanol–water partition coefficient (Wildman–Crippen LogP) is 1.82. The van der Waals surface area contributed by atoms with Crippen molar-refractivity contribution in [3.05, 3.63) is 0 Å². The van der Waals surface area contributed by atoms with Crippen molar-refractivity contribution in [2.45, 2.75) is 39.2 Å². The Morgan fingerprint density at radius 3 is 2.57 bits per heavy atom. The third kappa shape index (κ3) is 6.83. The summed E-state index contributed by atoms with van der Waals surface area (Å²) in [6.45, 7) is 3.73. The van der Waals surface area contributed by atoms with Gasteiger partial charge in [-0.3, -0.25) is 4.79 Å². The molecule has 0 aromatic carbocycles. The van der Waals surface area contributed by atoms with Crippen molar-refractivity contribution in [2.24, 2.45) is 5.92 Å². The van der Waals surface area contributed by atoms with Gasteiger partial charge in [0, 0.05) is 12.6 Å². The van der Waals surface area contributed by atoms with Crippen LogP contribution in [0.25, 0.3) is 0 Å². The molecule has 0 aliphatic rings. The Morgan fingerprint density at radius 2 is 2.07 bits per heavy atom. The highest BCUT2D eigenvalue weighted by atomic mass is 19.1. The van der Waals surface area contributed by atoms with Crippen LogP contribution in [-0.2, 0) is 4.79 Å². The lowest BCUT2D eigenvalue weighted by molar-refractivity contribution is -0.141. The van der Waals surface area contributed by atoms with Gasteiger partial charge >= 0.3 is 5.97 Å². The summed E-state index contributed by atoms with van der Waals surface area (Å²) in [5, 5.41) is 11.6. The lowest BCUT2D eigenvalue weighted by Crippen LogP contribution is -2.28. The highest BCUT2D eigenvalue weighted by Crippen LogP contribution is 2.09. The molecule has 0 saturated heterocycles. The minimum absolute atomic E-state index is 0.270. The number of hydrogen-bond acceptors (Lipinski definition) is 2. The fourth-order valence-electron chi connectivity index (χ4n) is 1.26. The van der Waals surface area contributed by atoms with Gasteiger partial charge in [0.15, 0.2) is 0 Å². The highest BCUT2D eigenvalue weighted by molar-refractivity contribution is 5.69. The summed E-state index contributed by atoms with van der Waals surface area (Å²) >= 11 is 0. The Bertz CT molecular complexity index is 164. The molecule has 2 atom stereocenters. The minimum Gasteiger partial charge on any atom is -0.481 e. The second kappa shape index (κ2) is 7.74. The second-order valence-electron chi connectivity index (χ2n) is 3.71. The molecule has 0 spiro atoms. The molecular weight excluding hydrogens is 185 g/mol. The zero-order chi connectivity index (χ0) is 11.0. The van der Waals surface area contributed by atoms with Gasteiger partial charge in [0.05, 0.1) is 5.92 Å². The maximum Gasteiger partial charge on any atom is 0.306 e. The summed E-state index contributed by atoms with van der Waals surface area (Å²) in [5.41, 5.74) is 0. The van der Waals surface area contributed by atoms with Crippen molar-refractivity contribution >= 4 is 5.97 Å². The van der Waals surface area contributed by atoms with E-state index in [1.165, 1.54) is 0 Å². The summed E-state index contributed by atoms with van der Waals surface area (Å²) < 4.78 is 11.8. The van der Waals surface area contributed by atoms with Crippen LogP contribution < -0.4 is 5.32 Å². The first-order valence-corrected chi connectivity index (χ1v) is 5.10. The molecule has 0 saturated carbocycles. The van der Waals surface area contributed by atoms with Crippen molar-refractivity contribution < 1.29 is 14.3 Å². The zero-order valence-electron chi connectivity index (χ0n) is 8.92. The summed E-state index contributed by atoms with van der Waals surface area (Å²) in [6.07, 6.45) is 2.46. The van der Waals surface area contributed by atoms with Gasteiger partial charge in [0.2, 0.25) is 0 Å². The van der Waals surface area contributed by atoms with E-state index in [2.05, 4.69) is 5.32 Å². The van der Waals surface area contributed by atoms with Gasteiger partial charge in [-0.1, -0.05) is 13.3 Å². The number of carboxylic acids is 1. The van der Waals surface area contributed by atoms with Gasteiger partial charge < -0.3 is 10.4 Å². The molecule has 14 heavy (non-hydrogen) atoms. The number of hydrogen-bond donors (Lipinski definition) is 2. The van der Waals surface area contributed by atoms with Crippen LogP contribution in [0.4, 0.5) is 4.39 Å². The van der Waals surface area contributed by atoms with Gasteiger partial charge in [-0.15, -0.1) is 0 Å². The fraction of sp³-hybridized carbons (Fsp3) is 0.900. The zero-order valence-corrected chi connectivity index (χ0v) is 8.92. The van der Waals surface area contributed by atoms with E-state index >= 15 is 0 Å². The van der Waals surface area contributed by atoms with E-state index in [4.69, 9.17) is 5.11 Å². The molecule has 0 heterocycles. The first-order valence-electron chi connectivity index (χ1n) is 5.10. The average molecular weight is 205 g/mol. The number of nitrogens with one attached hydrogen (secondary N) is 1. The van der Waals surface area contributed by atoms with E-state index in [1.807, 2.05) is 6.92 Å². The van der Waals surface area contributed by atoms with Crippen molar-refractivity contribution in [3.8, 4) is 0 Å². The molecular formula is C10H20FNO2. The Labute approximate surface area is 84.7 Å². The predicted molar refractivity (Wildman–Crippen MR) is 54.1 cm³/mol. The van der Waals surface area contributed by atoms with Crippen LogP contribution in [0.15, 0.2) is 0 Å². The second-order valence-corrected chi connectivity index (χ2v) is 3.71. The first kappa shape index (κ1) is 13.4. The van der Waals surface area contributed by atoms with Crippen molar-refractivity contribution in [3.63, 3.8) is 0 Å². The van der Waals surface area contributed by atoms with Crippen LogP contribution in [0.5, 0.6) is 0 Å². The Kier molecular flexibility index (Phi) is 7.38.